The maximum atomic E-state index is 10.7. The van der Waals surface area contributed by atoms with Crippen molar-refractivity contribution in [2.45, 2.75) is 12.5 Å². The standard InChI is InChI=1S/C6H10N2O3/c7-6(10)5(9)1-4-2-8-3-11-4/h4,8H,1-3H2,(H2,7,10). The molecule has 0 spiro atoms. The number of nitrogens with one attached hydrogen (secondary N) is 1. The topological polar surface area (TPSA) is 81.4 Å². The lowest BCUT2D eigenvalue weighted by molar-refractivity contribution is -0.137. The normalized spacial score (nSPS) is 23.5. The molecule has 0 radical (unpaired) electrons. The van der Waals surface area contributed by atoms with Gasteiger partial charge in [-0.1, -0.05) is 0 Å². The quantitative estimate of drug-likeness (QED) is 0.483. The lowest BCUT2D eigenvalue weighted by Crippen LogP contribution is -2.28. The zero-order valence-corrected chi connectivity index (χ0v) is 6.00. The molecule has 1 fully saturated rings. The lowest BCUT2D eigenvalue weighted by atomic mass is 10.2. The zero-order valence-electron chi connectivity index (χ0n) is 6.00. The van der Waals surface area contributed by atoms with Crippen LogP contribution in [0.1, 0.15) is 6.42 Å². The average molecular weight is 158 g/mol. The molecule has 0 saturated carbocycles. The summed E-state index contributed by atoms with van der Waals surface area (Å²) in [4.78, 5) is 21.0. The third-order valence-electron chi connectivity index (χ3n) is 1.48. The predicted molar refractivity (Wildman–Crippen MR) is 36.6 cm³/mol. The van der Waals surface area contributed by atoms with E-state index < -0.39 is 11.7 Å². The monoisotopic (exact) mass is 158 g/mol. The molecule has 1 heterocycles. The van der Waals surface area contributed by atoms with E-state index in [4.69, 9.17) is 10.5 Å². The van der Waals surface area contributed by atoms with Gasteiger partial charge in [0.2, 0.25) is 5.78 Å². The van der Waals surface area contributed by atoms with Gasteiger partial charge in [-0.2, -0.15) is 0 Å². The van der Waals surface area contributed by atoms with Gasteiger partial charge in [0.15, 0.2) is 0 Å². The second-order valence-corrected chi connectivity index (χ2v) is 2.38. The van der Waals surface area contributed by atoms with Gasteiger partial charge in [-0.05, 0) is 0 Å². The van der Waals surface area contributed by atoms with Crippen LogP contribution in [0.3, 0.4) is 0 Å². The van der Waals surface area contributed by atoms with E-state index in [1.807, 2.05) is 0 Å². The molecule has 1 aliphatic rings. The van der Waals surface area contributed by atoms with E-state index in [1.165, 1.54) is 0 Å². The highest BCUT2D eigenvalue weighted by Gasteiger charge is 2.20. The predicted octanol–water partition coefficient (Wildman–Crippen LogP) is -1.62. The van der Waals surface area contributed by atoms with Crippen molar-refractivity contribution in [3.05, 3.63) is 0 Å². The van der Waals surface area contributed by atoms with Gasteiger partial charge in [0.05, 0.1) is 12.8 Å². The summed E-state index contributed by atoms with van der Waals surface area (Å²) in [5.41, 5.74) is 4.75. The fourth-order valence-corrected chi connectivity index (χ4v) is 0.894. The Morgan fingerprint density at radius 3 is 2.82 bits per heavy atom. The van der Waals surface area contributed by atoms with E-state index in [0.717, 1.165) is 0 Å². The number of nitrogens with two attached hydrogens (primary N) is 1. The smallest absolute Gasteiger partial charge is 0.284 e. The molecular weight excluding hydrogens is 148 g/mol. The Balaban J connectivity index is 2.29. The van der Waals surface area contributed by atoms with E-state index in [1.54, 1.807) is 0 Å². The molecular formula is C6H10N2O3. The molecule has 62 valence electrons. The van der Waals surface area contributed by atoms with Crippen molar-refractivity contribution in [2.24, 2.45) is 5.73 Å². The summed E-state index contributed by atoms with van der Waals surface area (Å²) in [6.45, 7) is 1.05. The molecule has 1 unspecified atom stereocenters. The van der Waals surface area contributed by atoms with Gasteiger partial charge in [-0.25, -0.2) is 0 Å². The van der Waals surface area contributed by atoms with Crippen molar-refractivity contribution in [1.29, 1.82) is 0 Å². The van der Waals surface area contributed by atoms with Crippen LogP contribution in [0.15, 0.2) is 0 Å². The molecule has 5 nitrogen and oxygen atoms in total. The minimum Gasteiger partial charge on any atom is -0.363 e. The molecule has 0 aliphatic carbocycles. The fourth-order valence-electron chi connectivity index (χ4n) is 0.894. The first-order valence-electron chi connectivity index (χ1n) is 3.35. The first-order valence-corrected chi connectivity index (χ1v) is 3.35. The van der Waals surface area contributed by atoms with E-state index in [0.29, 0.717) is 13.3 Å². The molecule has 3 N–H and O–H groups in total. The number of hydrogen-bond acceptors (Lipinski definition) is 4. The van der Waals surface area contributed by atoms with E-state index in [-0.39, 0.29) is 12.5 Å². The van der Waals surface area contributed by atoms with Gasteiger partial charge < -0.3 is 10.5 Å². The number of ether oxygens (including phenoxy) is 1. The minimum atomic E-state index is -0.888. The molecule has 0 bridgehead atoms. The second kappa shape index (κ2) is 3.45. The number of Topliss-reactive ketones (excluding diaryl/α,β-unsaturated/α-hetero) is 1. The van der Waals surface area contributed by atoms with Crippen molar-refractivity contribution in [3.8, 4) is 0 Å². The lowest BCUT2D eigenvalue weighted by Gasteiger charge is -2.03. The van der Waals surface area contributed by atoms with Crippen molar-refractivity contribution >= 4 is 11.7 Å². The Hall–Kier alpha value is -0.940. The number of primary amides is 1. The minimum absolute atomic E-state index is 0.0856. The van der Waals surface area contributed by atoms with E-state index in [2.05, 4.69) is 5.32 Å². The third kappa shape index (κ3) is 2.28. The fraction of sp³-hybridized carbons (Fsp3) is 0.667. The van der Waals surface area contributed by atoms with Gasteiger partial charge in [-0.3, -0.25) is 14.9 Å². The Labute approximate surface area is 63.9 Å². The maximum absolute atomic E-state index is 10.7. The summed E-state index contributed by atoms with van der Waals surface area (Å²) in [6.07, 6.45) is -0.0995. The highest BCUT2D eigenvalue weighted by atomic mass is 16.5. The number of carbonyl (C=O) groups is 2. The van der Waals surface area contributed by atoms with Crippen molar-refractivity contribution in [3.63, 3.8) is 0 Å². The number of amides is 1. The van der Waals surface area contributed by atoms with Crippen LogP contribution in [0.5, 0.6) is 0 Å². The van der Waals surface area contributed by atoms with Gasteiger partial charge in [0, 0.05) is 13.0 Å². The molecule has 0 aromatic heterocycles. The third-order valence-corrected chi connectivity index (χ3v) is 1.48. The molecule has 1 amide bonds. The summed E-state index contributed by atoms with van der Waals surface area (Å²) in [5.74, 6) is -1.46. The molecule has 1 rings (SSSR count). The summed E-state index contributed by atoms with van der Waals surface area (Å²) < 4.78 is 5.03. The molecule has 0 aromatic rings. The first-order chi connectivity index (χ1) is 5.20. The molecule has 1 atom stereocenters. The average Bonchev–Trinajstić information content (AvgIpc) is 2.39. The zero-order chi connectivity index (χ0) is 8.27. The molecule has 1 aliphatic heterocycles. The Morgan fingerprint density at radius 2 is 2.36 bits per heavy atom. The Bertz CT molecular complexity index is 175. The summed E-state index contributed by atoms with van der Waals surface area (Å²) in [7, 11) is 0. The molecule has 0 aromatic carbocycles. The highest BCUT2D eigenvalue weighted by Crippen LogP contribution is 2.02. The van der Waals surface area contributed by atoms with Crippen LogP contribution >= 0.6 is 0 Å². The first kappa shape index (κ1) is 8.16. The van der Waals surface area contributed by atoms with Crippen LogP contribution in [-0.4, -0.2) is 31.1 Å². The molecule has 5 heteroatoms. The van der Waals surface area contributed by atoms with Crippen molar-refractivity contribution < 1.29 is 14.3 Å². The summed E-state index contributed by atoms with van der Waals surface area (Å²) in [5, 5.41) is 2.89. The molecule has 1 saturated heterocycles. The largest absolute Gasteiger partial charge is 0.363 e. The van der Waals surface area contributed by atoms with Gasteiger partial charge in [0.25, 0.3) is 5.91 Å². The Kier molecular flexibility index (Phi) is 2.56. The number of ketones is 1. The van der Waals surface area contributed by atoms with E-state index in [9.17, 15) is 9.59 Å². The summed E-state index contributed by atoms with van der Waals surface area (Å²) in [6, 6.07) is 0. The van der Waals surface area contributed by atoms with Crippen LogP contribution in [0.25, 0.3) is 0 Å². The second-order valence-electron chi connectivity index (χ2n) is 2.38. The maximum Gasteiger partial charge on any atom is 0.284 e. The number of rotatable bonds is 3. The number of carbonyl (C=O) groups excluding carboxylic acids is 2. The van der Waals surface area contributed by atoms with Gasteiger partial charge >= 0.3 is 0 Å². The number of hydrogen-bond donors (Lipinski definition) is 2. The SMILES string of the molecule is NC(=O)C(=O)CC1CNCO1. The van der Waals surface area contributed by atoms with Gasteiger partial charge in [0.1, 0.15) is 0 Å². The highest BCUT2D eigenvalue weighted by molar-refractivity contribution is 6.35. The van der Waals surface area contributed by atoms with Crippen LogP contribution in [-0.2, 0) is 14.3 Å². The van der Waals surface area contributed by atoms with Crippen molar-refractivity contribution in [1.82, 2.24) is 5.32 Å². The van der Waals surface area contributed by atoms with Crippen molar-refractivity contribution in [2.75, 3.05) is 13.3 Å². The van der Waals surface area contributed by atoms with Crippen LogP contribution in [0.2, 0.25) is 0 Å². The summed E-state index contributed by atoms with van der Waals surface area (Å²) >= 11 is 0. The van der Waals surface area contributed by atoms with Gasteiger partial charge in [-0.15, -0.1) is 0 Å². The molecule has 11 heavy (non-hydrogen) atoms. The Morgan fingerprint density at radius 1 is 1.64 bits per heavy atom. The van der Waals surface area contributed by atoms with Crippen LogP contribution < -0.4 is 11.1 Å². The van der Waals surface area contributed by atoms with Crippen LogP contribution in [0.4, 0.5) is 0 Å². The van der Waals surface area contributed by atoms with Crippen LogP contribution in [0, 0.1) is 0 Å². The van der Waals surface area contributed by atoms with E-state index >= 15 is 0 Å².